The molecule has 38 heavy (non-hydrogen) atoms. The Morgan fingerprint density at radius 1 is 0.974 bits per heavy atom. The number of ether oxygens (including phenoxy) is 1. The predicted molar refractivity (Wildman–Crippen MR) is 149 cm³/mol. The highest BCUT2D eigenvalue weighted by Crippen LogP contribution is 2.30. The molecule has 0 spiro atoms. The summed E-state index contributed by atoms with van der Waals surface area (Å²) in [5, 5.41) is 3.14. The van der Waals surface area contributed by atoms with Crippen molar-refractivity contribution in [2.75, 3.05) is 24.5 Å². The van der Waals surface area contributed by atoms with Crippen LogP contribution in [-0.2, 0) is 26.2 Å². The van der Waals surface area contributed by atoms with Crippen molar-refractivity contribution >= 4 is 50.7 Å². The van der Waals surface area contributed by atoms with Crippen molar-refractivity contribution in [2.45, 2.75) is 31.3 Å². The van der Waals surface area contributed by atoms with E-state index in [0.29, 0.717) is 12.3 Å². The summed E-state index contributed by atoms with van der Waals surface area (Å²) in [6, 6.07) is 18.2. The predicted octanol–water partition coefficient (Wildman–Crippen LogP) is 4.75. The van der Waals surface area contributed by atoms with Gasteiger partial charge in [-0.2, -0.15) is 0 Å². The Labute approximate surface area is 233 Å². The van der Waals surface area contributed by atoms with Gasteiger partial charge in [0.2, 0.25) is 11.8 Å². The van der Waals surface area contributed by atoms with Gasteiger partial charge in [0.1, 0.15) is 18.3 Å². The lowest BCUT2D eigenvalue weighted by Gasteiger charge is -2.32. The van der Waals surface area contributed by atoms with E-state index in [1.165, 1.54) is 35.2 Å². The van der Waals surface area contributed by atoms with Gasteiger partial charge in [-0.15, -0.1) is 0 Å². The number of amides is 2. The number of benzene rings is 3. The molecule has 0 aliphatic heterocycles. The van der Waals surface area contributed by atoms with Gasteiger partial charge < -0.3 is 15.0 Å². The zero-order valence-electron chi connectivity index (χ0n) is 21.2. The minimum Gasteiger partial charge on any atom is -0.497 e. The van der Waals surface area contributed by atoms with Crippen LogP contribution in [0.15, 0.2) is 77.7 Å². The van der Waals surface area contributed by atoms with Crippen molar-refractivity contribution in [3.63, 3.8) is 0 Å². The molecule has 1 atom stereocenters. The van der Waals surface area contributed by atoms with Crippen LogP contribution >= 0.6 is 23.2 Å². The van der Waals surface area contributed by atoms with Crippen LogP contribution in [0.25, 0.3) is 0 Å². The van der Waals surface area contributed by atoms with Gasteiger partial charge in [0.25, 0.3) is 10.0 Å². The van der Waals surface area contributed by atoms with E-state index in [0.717, 1.165) is 9.87 Å². The summed E-state index contributed by atoms with van der Waals surface area (Å²) < 4.78 is 33.6. The Kier molecular flexibility index (Phi) is 10.0. The number of methoxy groups -OCH3 is 1. The third kappa shape index (κ3) is 7.18. The quantitative estimate of drug-likeness (QED) is 0.354. The second kappa shape index (κ2) is 13.0. The van der Waals surface area contributed by atoms with Gasteiger partial charge in [-0.05, 0) is 61.9 Å². The molecule has 1 N–H and O–H groups in total. The largest absolute Gasteiger partial charge is 0.497 e. The maximum Gasteiger partial charge on any atom is 0.264 e. The number of nitrogens with zero attached hydrogens (tertiary/aromatic N) is 2. The molecule has 0 aromatic heterocycles. The third-order valence-corrected chi connectivity index (χ3v) is 8.00. The Morgan fingerprint density at radius 2 is 1.58 bits per heavy atom. The van der Waals surface area contributed by atoms with Crippen LogP contribution in [0.2, 0.25) is 10.0 Å². The van der Waals surface area contributed by atoms with E-state index in [2.05, 4.69) is 5.32 Å². The molecule has 8 nitrogen and oxygen atoms in total. The number of sulfonamides is 1. The van der Waals surface area contributed by atoms with Crippen LogP contribution in [0.4, 0.5) is 5.69 Å². The summed E-state index contributed by atoms with van der Waals surface area (Å²) in [6.45, 7) is 3.23. The fraction of sp³-hybridized carbons (Fsp3) is 0.259. The number of hydrogen-bond donors (Lipinski definition) is 1. The van der Waals surface area contributed by atoms with E-state index in [9.17, 15) is 18.0 Å². The Hall–Kier alpha value is -3.27. The molecule has 3 aromatic rings. The van der Waals surface area contributed by atoms with Gasteiger partial charge in [-0.1, -0.05) is 53.5 Å². The monoisotopic (exact) mass is 577 g/mol. The standard InChI is InChI=1S/C27H29Cl2N3O5S/c1-4-30-27(34)19(2)31(17-20-10-12-24(37-3)13-11-20)26(33)18-32(23-15-21(28)14-22(29)16-23)38(35,36)25-8-6-5-7-9-25/h5-16,19H,4,17-18H2,1-3H3,(H,30,34)/t19-/m0/s1. The number of nitrogens with one attached hydrogen (secondary N) is 1. The number of likely N-dealkylation sites (N-methyl/N-ethyl adjacent to an activating group) is 1. The maximum absolute atomic E-state index is 13.8. The number of halogens is 2. The Bertz CT molecular complexity index is 1350. The molecule has 2 amide bonds. The van der Waals surface area contributed by atoms with Crippen LogP contribution in [0.1, 0.15) is 19.4 Å². The van der Waals surface area contributed by atoms with Crippen molar-refractivity contribution in [2.24, 2.45) is 0 Å². The van der Waals surface area contributed by atoms with E-state index < -0.39 is 28.5 Å². The molecule has 0 fully saturated rings. The molecular formula is C27H29Cl2N3O5S. The molecule has 0 heterocycles. The maximum atomic E-state index is 13.8. The van der Waals surface area contributed by atoms with E-state index in [1.54, 1.807) is 63.4 Å². The Morgan fingerprint density at radius 3 is 2.13 bits per heavy atom. The van der Waals surface area contributed by atoms with Crippen LogP contribution in [0.3, 0.4) is 0 Å². The van der Waals surface area contributed by atoms with Gasteiger partial charge in [0.05, 0.1) is 17.7 Å². The van der Waals surface area contributed by atoms with Gasteiger partial charge in [0.15, 0.2) is 0 Å². The van der Waals surface area contributed by atoms with Crippen molar-refractivity contribution in [3.05, 3.63) is 88.4 Å². The summed E-state index contributed by atoms with van der Waals surface area (Å²) in [5.41, 5.74) is 0.855. The van der Waals surface area contributed by atoms with Crippen molar-refractivity contribution < 1.29 is 22.7 Å². The fourth-order valence-corrected chi connectivity index (χ4v) is 5.70. The molecular weight excluding hydrogens is 549 g/mol. The number of rotatable bonds is 11. The van der Waals surface area contributed by atoms with Crippen LogP contribution < -0.4 is 14.4 Å². The molecule has 0 bridgehead atoms. The van der Waals surface area contributed by atoms with Crippen LogP contribution in [-0.4, -0.2) is 51.4 Å². The van der Waals surface area contributed by atoms with Gasteiger partial charge in [0, 0.05) is 23.1 Å². The molecule has 0 unspecified atom stereocenters. The lowest BCUT2D eigenvalue weighted by molar-refractivity contribution is -0.139. The molecule has 3 aromatic carbocycles. The van der Waals surface area contributed by atoms with E-state index in [-0.39, 0.29) is 33.1 Å². The first-order valence-electron chi connectivity index (χ1n) is 11.8. The first-order valence-corrected chi connectivity index (χ1v) is 14.0. The highest BCUT2D eigenvalue weighted by atomic mass is 35.5. The summed E-state index contributed by atoms with van der Waals surface area (Å²) in [5.74, 6) is -0.311. The highest BCUT2D eigenvalue weighted by molar-refractivity contribution is 7.92. The molecule has 202 valence electrons. The number of carbonyl (C=O) groups is 2. The smallest absolute Gasteiger partial charge is 0.264 e. The van der Waals surface area contributed by atoms with Crippen LogP contribution in [0, 0.1) is 0 Å². The number of anilines is 1. The van der Waals surface area contributed by atoms with Crippen molar-refractivity contribution in [3.8, 4) is 5.75 Å². The molecule has 0 radical (unpaired) electrons. The minimum atomic E-state index is -4.20. The summed E-state index contributed by atoms with van der Waals surface area (Å²) in [6.07, 6.45) is 0. The average Bonchev–Trinajstić information content (AvgIpc) is 2.90. The summed E-state index contributed by atoms with van der Waals surface area (Å²) in [7, 11) is -2.66. The molecule has 0 aliphatic rings. The molecule has 0 saturated heterocycles. The first-order chi connectivity index (χ1) is 18.1. The van der Waals surface area contributed by atoms with Crippen molar-refractivity contribution in [1.29, 1.82) is 0 Å². The first kappa shape index (κ1) is 29.3. The second-order valence-corrected chi connectivity index (χ2v) is 11.1. The SMILES string of the molecule is CCNC(=O)[C@H](C)N(Cc1ccc(OC)cc1)C(=O)CN(c1cc(Cl)cc(Cl)c1)S(=O)(=O)c1ccccc1. The Balaban J connectivity index is 2.04. The summed E-state index contributed by atoms with van der Waals surface area (Å²) >= 11 is 12.4. The molecule has 3 rings (SSSR count). The normalized spacial score (nSPS) is 11.9. The van der Waals surface area contributed by atoms with Gasteiger partial charge in [-0.3, -0.25) is 13.9 Å². The van der Waals surface area contributed by atoms with Gasteiger partial charge >= 0.3 is 0 Å². The fourth-order valence-electron chi connectivity index (χ4n) is 3.76. The lowest BCUT2D eigenvalue weighted by Crippen LogP contribution is -2.51. The molecule has 0 aliphatic carbocycles. The van der Waals surface area contributed by atoms with Crippen molar-refractivity contribution in [1.82, 2.24) is 10.2 Å². The minimum absolute atomic E-state index is 0.0117. The second-order valence-electron chi connectivity index (χ2n) is 8.39. The van der Waals surface area contributed by atoms with Gasteiger partial charge in [-0.25, -0.2) is 8.42 Å². The average molecular weight is 579 g/mol. The van der Waals surface area contributed by atoms with E-state index in [1.807, 2.05) is 0 Å². The van der Waals surface area contributed by atoms with E-state index >= 15 is 0 Å². The lowest BCUT2D eigenvalue weighted by atomic mass is 10.1. The summed E-state index contributed by atoms with van der Waals surface area (Å²) in [4.78, 5) is 27.9. The van der Waals surface area contributed by atoms with Crippen LogP contribution in [0.5, 0.6) is 5.75 Å². The zero-order chi connectivity index (χ0) is 27.9. The number of hydrogen-bond acceptors (Lipinski definition) is 5. The molecule has 0 saturated carbocycles. The highest BCUT2D eigenvalue weighted by Gasteiger charge is 2.32. The zero-order valence-corrected chi connectivity index (χ0v) is 23.6. The number of carbonyl (C=O) groups excluding carboxylic acids is 2. The molecule has 11 heteroatoms. The third-order valence-electron chi connectivity index (χ3n) is 5.78. The topological polar surface area (TPSA) is 96.0 Å². The van der Waals surface area contributed by atoms with E-state index in [4.69, 9.17) is 27.9 Å².